The number of hydrogen-bond acceptors (Lipinski definition) is 11. The maximum absolute atomic E-state index is 11.6. The molecule has 2 N–H and O–H groups in total. The first-order chi connectivity index (χ1) is 26.0. The zero-order valence-electron chi connectivity index (χ0n) is 34.3. The Morgan fingerprint density at radius 3 is 0.944 bits per heavy atom. The lowest BCUT2D eigenvalue weighted by Crippen LogP contribution is -2.35. The Morgan fingerprint density at radius 1 is 0.352 bits per heavy atom. The minimum Gasteiger partial charge on any atom is -0.379 e. The van der Waals surface area contributed by atoms with Gasteiger partial charge in [-0.2, -0.15) is 16.8 Å². The lowest BCUT2D eigenvalue weighted by atomic mass is 10.1. The largest absolute Gasteiger partial charge is 0.397 e. The lowest BCUT2D eigenvalue weighted by molar-refractivity contribution is -0.0979. The van der Waals surface area contributed by atoms with Gasteiger partial charge < -0.3 is 23.7 Å². The van der Waals surface area contributed by atoms with E-state index in [0.29, 0.717) is 19.8 Å². The van der Waals surface area contributed by atoms with Crippen molar-refractivity contribution in [2.75, 3.05) is 59.5 Å². The molecular formula is C39H80O13S2. The zero-order chi connectivity index (χ0) is 40.0. The summed E-state index contributed by atoms with van der Waals surface area (Å²) in [6.45, 7) is 7.33. The van der Waals surface area contributed by atoms with Crippen LogP contribution < -0.4 is 0 Å². The second-order valence-electron chi connectivity index (χ2n) is 14.4. The fourth-order valence-corrected chi connectivity index (χ4v) is 6.84. The Hall–Kier alpha value is -0.460. The zero-order valence-corrected chi connectivity index (χ0v) is 35.9. The van der Waals surface area contributed by atoms with Gasteiger partial charge in [0.05, 0.1) is 39.6 Å². The van der Waals surface area contributed by atoms with Crippen molar-refractivity contribution < 1.29 is 58.0 Å². The Labute approximate surface area is 330 Å². The average Bonchev–Trinajstić information content (AvgIpc) is 3.11. The summed E-state index contributed by atoms with van der Waals surface area (Å²) in [6, 6.07) is 0. The van der Waals surface area contributed by atoms with Crippen molar-refractivity contribution in [2.45, 2.75) is 193 Å². The van der Waals surface area contributed by atoms with E-state index in [0.717, 1.165) is 57.8 Å². The van der Waals surface area contributed by atoms with Crippen LogP contribution in [-0.4, -0.2) is 104 Å². The standard InChI is InChI=1S/C39H80O13S2/c1-4-7-10-13-16-19-22-25-28-46-31-37(50-36-39(52-54(43,44)45)34-48-30-27-24-21-18-15-12-9-6-3)32-49-35-38(51-53(40,41)42)33-47-29-26-23-20-17-14-11-8-5-2/h37-39H,4-36H2,1-3H3,(H,40,41,42)(H,43,44,45). The molecule has 0 aromatic carbocycles. The molecule has 0 heterocycles. The topological polar surface area (TPSA) is 173 Å². The minimum atomic E-state index is -4.77. The molecule has 0 saturated carbocycles. The fourth-order valence-electron chi connectivity index (χ4n) is 5.93. The summed E-state index contributed by atoms with van der Waals surface area (Å²) in [6.07, 6.45) is 24.6. The predicted octanol–water partition coefficient (Wildman–Crippen LogP) is 9.24. The number of unbranched alkanes of at least 4 members (excludes halogenated alkanes) is 21. The molecule has 3 atom stereocenters. The summed E-state index contributed by atoms with van der Waals surface area (Å²) in [5, 5.41) is 0. The number of hydrogen-bond donors (Lipinski definition) is 2. The van der Waals surface area contributed by atoms with Gasteiger partial charge in [0.25, 0.3) is 0 Å². The van der Waals surface area contributed by atoms with E-state index in [1.807, 2.05) is 0 Å². The Balaban J connectivity index is 5.00. The van der Waals surface area contributed by atoms with Crippen LogP contribution in [0, 0.1) is 0 Å². The summed E-state index contributed by atoms with van der Waals surface area (Å²) < 4.78 is 103. The minimum absolute atomic E-state index is 0.0570. The van der Waals surface area contributed by atoms with Crippen LogP contribution in [0.5, 0.6) is 0 Å². The molecule has 0 rings (SSSR count). The van der Waals surface area contributed by atoms with Gasteiger partial charge >= 0.3 is 20.8 Å². The average molecular weight is 821 g/mol. The van der Waals surface area contributed by atoms with Crippen molar-refractivity contribution in [1.29, 1.82) is 0 Å². The van der Waals surface area contributed by atoms with E-state index in [4.69, 9.17) is 32.1 Å². The van der Waals surface area contributed by atoms with E-state index >= 15 is 0 Å². The third-order valence-electron chi connectivity index (χ3n) is 8.98. The van der Waals surface area contributed by atoms with Gasteiger partial charge in [-0.3, -0.25) is 9.11 Å². The summed E-state index contributed by atoms with van der Waals surface area (Å²) in [5.41, 5.74) is 0. The number of ether oxygens (including phenoxy) is 5. The summed E-state index contributed by atoms with van der Waals surface area (Å²) in [4.78, 5) is 0. The highest BCUT2D eigenvalue weighted by molar-refractivity contribution is 7.81. The molecule has 0 aliphatic carbocycles. The second-order valence-corrected chi connectivity index (χ2v) is 16.5. The van der Waals surface area contributed by atoms with E-state index in [1.54, 1.807) is 0 Å². The molecule has 0 aromatic heterocycles. The monoisotopic (exact) mass is 821 g/mol. The van der Waals surface area contributed by atoms with Crippen LogP contribution in [0.3, 0.4) is 0 Å². The molecule has 0 amide bonds. The molecule has 326 valence electrons. The van der Waals surface area contributed by atoms with Gasteiger partial charge in [0, 0.05) is 19.8 Å². The van der Waals surface area contributed by atoms with Gasteiger partial charge in [-0.25, -0.2) is 8.37 Å². The molecule has 0 aliphatic heterocycles. The lowest BCUT2D eigenvalue weighted by Gasteiger charge is -2.23. The predicted molar refractivity (Wildman–Crippen MR) is 214 cm³/mol. The van der Waals surface area contributed by atoms with Crippen LogP contribution >= 0.6 is 0 Å². The maximum atomic E-state index is 11.6. The Morgan fingerprint density at radius 2 is 0.611 bits per heavy atom. The Bertz CT molecular complexity index is 999. The molecular weight excluding hydrogens is 741 g/mol. The first-order valence-corrected chi connectivity index (χ1v) is 24.0. The van der Waals surface area contributed by atoms with Gasteiger partial charge in [-0.1, -0.05) is 156 Å². The van der Waals surface area contributed by atoms with Crippen molar-refractivity contribution in [1.82, 2.24) is 0 Å². The van der Waals surface area contributed by atoms with Crippen molar-refractivity contribution in [3.05, 3.63) is 0 Å². The van der Waals surface area contributed by atoms with Crippen molar-refractivity contribution in [3.8, 4) is 0 Å². The highest BCUT2D eigenvalue weighted by atomic mass is 32.3. The first-order valence-electron chi connectivity index (χ1n) is 21.2. The van der Waals surface area contributed by atoms with E-state index in [-0.39, 0.29) is 39.6 Å². The van der Waals surface area contributed by atoms with Gasteiger partial charge in [0.1, 0.15) is 18.3 Å². The van der Waals surface area contributed by atoms with E-state index in [1.165, 1.54) is 96.3 Å². The molecule has 0 spiro atoms. The maximum Gasteiger partial charge on any atom is 0.397 e. The molecule has 0 bridgehead atoms. The van der Waals surface area contributed by atoms with Crippen LogP contribution in [0.2, 0.25) is 0 Å². The molecule has 15 heteroatoms. The Kier molecular flexibility index (Phi) is 37.8. The normalized spacial score (nSPS) is 14.1. The van der Waals surface area contributed by atoms with Crippen molar-refractivity contribution in [3.63, 3.8) is 0 Å². The molecule has 0 radical (unpaired) electrons. The number of rotatable bonds is 44. The van der Waals surface area contributed by atoms with Crippen LogP contribution in [0.1, 0.15) is 175 Å². The SMILES string of the molecule is CCCCCCCCCCOCC(COCC(COCCCCCCCCCC)OS(=O)(=O)O)OCC(COCCCCCCCCCC)OS(=O)(=O)O. The van der Waals surface area contributed by atoms with Crippen LogP contribution in [-0.2, 0) is 52.8 Å². The van der Waals surface area contributed by atoms with Crippen molar-refractivity contribution >= 4 is 20.8 Å². The molecule has 0 aromatic rings. The molecule has 3 unspecified atom stereocenters. The van der Waals surface area contributed by atoms with Gasteiger partial charge in [0.15, 0.2) is 0 Å². The first kappa shape index (κ1) is 53.5. The third kappa shape index (κ3) is 41.2. The molecule has 0 aliphatic rings. The smallest absolute Gasteiger partial charge is 0.379 e. The van der Waals surface area contributed by atoms with Gasteiger partial charge in [-0.05, 0) is 19.3 Å². The summed E-state index contributed by atoms with van der Waals surface area (Å²) >= 11 is 0. The van der Waals surface area contributed by atoms with E-state index < -0.39 is 39.1 Å². The van der Waals surface area contributed by atoms with E-state index in [9.17, 15) is 25.9 Å². The van der Waals surface area contributed by atoms with Crippen molar-refractivity contribution in [2.24, 2.45) is 0 Å². The van der Waals surface area contributed by atoms with Gasteiger partial charge in [0.2, 0.25) is 0 Å². The highest BCUT2D eigenvalue weighted by Gasteiger charge is 2.23. The quantitative estimate of drug-likeness (QED) is 0.0440. The van der Waals surface area contributed by atoms with Crippen LogP contribution in [0.15, 0.2) is 0 Å². The summed E-state index contributed by atoms with van der Waals surface area (Å²) in [5.74, 6) is 0. The highest BCUT2D eigenvalue weighted by Crippen LogP contribution is 2.12. The van der Waals surface area contributed by atoms with Gasteiger partial charge in [-0.15, -0.1) is 0 Å². The summed E-state index contributed by atoms with van der Waals surface area (Å²) in [7, 11) is -9.53. The fraction of sp³-hybridized carbons (Fsp3) is 1.00. The molecule has 0 fully saturated rings. The third-order valence-corrected chi connectivity index (χ3v) is 10.0. The van der Waals surface area contributed by atoms with Crippen LogP contribution in [0.4, 0.5) is 0 Å². The molecule has 0 saturated heterocycles. The van der Waals surface area contributed by atoms with Crippen LogP contribution in [0.25, 0.3) is 0 Å². The second kappa shape index (κ2) is 38.1. The molecule has 54 heavy (non-hydrogen) atoms. The van der Waals surface area contributed by atoms with E-state index in [2.05, 4.69) is 20.8 Å². The molecule has 13 nitrogen and oxygen atoms in total.